The highest BCUT2D eigenvalue weighted by molar-refractivity contribution is 7.89. The van der Waals surface area contributed by atoms with E-state index in [2.05, 4.69) is 15.4 Å². The van der Waals surface area contributed by atoms with E-state index in [9.17, 15) is 18.0 Å². The van der Waals surface area contributed by atoms with Crippen molar-refractivity contribution < 1.29 is 18.0 Å². The lowest BCUT2D eigenvalue weighted by atomic mass is 10.0. The Labute approximate surface area is 193 Å². The van der Waals surface area contributed by atoms with Crippen LogP contribution in [0.15, 0.2) is 71.6 Å². The molecule has 0 aromatic heterocycles. The number of benzene rings is 3. The van der Waals surface area contributed by atoms with Crippen molar-refractivity contribution in [3.63, 3.8) is 0 Å². The fraction of sp³-hybridized carbons (Fsp3) is 0.200. The fourth-order valence-electron chi connectivity index (χ4n) is 3.88. The summed E-state index contributed by atoms with van der Waals surface area (Å²) in [6.45, 7) is 3.77. The number of nitrogens with one attached hydrogen (secondary N) is 3. The number of fused-ring (bicyclic) bond motifs is 1. The molecule has 3 N–H and O–H groups in total. The standard InChI is InChI=1S/C25H25N3O4S/c1-16-7-6-8-17(2)23(16)27-25(30)24(18-9-4-3-5-10-18)28-33(31,32)20-12-13-21-19(15-20)11-14-22(29)26-21/h3-10,12-13,15,24,28H,11,14H2,1-2H3,(H,26,29)(H,27,30)/t24-/m0/s1. The predicted molar refractivity (Wildman–Crippen MR) is 127 cm³/mol. The first-order valence-corrected chi connectivity index (χ1v) is 12.1. The molecular weight excluding hydrogens is 438 g/mol. The average molecular weight is 464 g/mol. The van der Waals surface area contributed by atoms with Gasteiger partial charge in [-0.05, 0) is 60.7 Å². The third-order valence-corrected chi connectivity index (χ3v) is 7.10. The zero-order valence-corrected chi connectivity index (χ0v) is 19.2. The summed E-state index contributed by atoms with van der Waals surface area (Å²) < 4.78 is 29.1. The summed E-state index contributed by atoms with van der Waals surface area (Å²) in [5.41, 5.74) is 4.30. The van der Waals surface area contributed by atoms with Crippen LogP contribution in [0.2, 0.25) is 0 Å². The van der Waals surface area contributed by atoms with Gasteiger partial charge in [-0.3, -0.25) is 9.59 Å². The highest BCUT2D eigenvalue weighted by atomic mass is 32.2. The van der Waals surface area contributed by atoms with E-state index < -0.39 is 22.0 Å². The van der Waals surface area contributed by atoms with Crippen LogP contribution < -0.4 is 15.4 Å². The SMILES string of the molecule is Cc1cccc(C)c1NC(=O)[C@@H](NS(=O)(=O)c1ccc2c(c1)CCC(=O)N2)c1ccccc1. The number of aryl methyl sites for hydroxylation is 3. The van der Waals surface area contributed by atoms with Gasteiger partial charge in [0.05, 0.1) is 4.90 Å². The largest absolute Gasteiger partial charge is 0.326 e. The summed E-state index contributed by atoms with van der Waals surface area (Å²) in [5, 5.41) is 5.64. The summed E-state index contributed by atoms with van der Waals surface area (Å²) >= 11 is 0. The van der Waals surface area contributed by atoms with Gasteiger partial charge in [-0.1, -0.05) is 48.5 Å². The van der Waals surface area contributed by atoms with E-state index in [1.54, 1.807) is 42.5 Å². The zero-order chi connectivity index (χ0) is 23.6. The number of amides is 2. The van der Waals surface area contributed by atoms with Crippen molar-refractivity contribution in [2.45, 2.75) is 37.6 Å². The first kappa shape index (κ1) is 22.7. The second-order valence-corrected chi connectivity index (χ2v) is 9.80. The smallest absolute Gasteiger partial charge is 0.247 e. The molecule has 33 heavy (non-hydrogen) atoms. The van der Waals surface area contributed by atoms with Gasteiger partial charge >= 0.3 is 0 Å². The molecule has 2 amide bonds. The predicted octanol–water partition coefficient (Wildman–Crippen LogP) is 3.85. The summed E-state index contributed by atoms with van der Waals surface area (Å²) in [6.07, 6.45) is 0.758. The van der Waals surface area contributed by atoms with E-state index in [0.29, 0.717) is 29.8 Å². The van der Waals surface area contributed by atoms with Crippen molar-refractivity contribution in [3.05, 3.63) is 89.0 Å². The second-order valence-electron chi connectivity index (χ2n) is 8.09. The van der Waals surface area contributed by atoms with Crippen molar-refractivity contribution >= 4 is 33.2 Å². The Kier molecular flexibility index (Phi) is 6.31. The molecule has 1 aliphatic rings. The van der Waals surface area contributed by atoms with Gasteiger partial charge in [-0.25, -0.2) is 8.42 Å². The quantitative estimate of drug-likeness (QED) is 0.516. The van der Waals surface area contributed by atoms with Crippen LogP contribution in [0, 0.1) is 13.8 Å². The first-order valence-electron chi connectivity index (χ1n) is 10.6. The van der Waals surface area contributed by atoms with Crippen LogP contribution in [0.1, 0.15) is 34.7 Å². The van der Waals surface area contributed by atoms with E-state index in [1.165, 1.54) is 6.07 Å². The van der Waals surface area contributed by atoms with E-state index in [0.717, 1.165) is 16.7 Å². The summed E-state index contributed by atoms with van der Waals surface area (Å²) in [6, 6.07) is 17.8. The van der Waals surface area contributed by atoms with Crippen LogP contribution in [0.5, 0.6) is 0 Å². The van der Waals surface area contributed by atoms with Gasteiger partial charge in [-0.2, -0.15) is 4.72 Å². The Hall–Kier alpha value is -3.49. The number of carbonyl (C=O) groups excluding carboxylic acids is 2. The maximum absolute atomic E-state index is 13.3. The molecule has 1 heterocycles. The maximum Gasteiger partial charge on any atom is 0.247 e. The molecule has 0 aliphatic carbocycles. The van der Waals surface area contributed by atoms with E-state index >= 15 is 0 Å². The van der Waals surface area contributed by atoms with Gasteiger partial charge in [0.2, 0.25) is 21.8 Å². The van der Waals surface area contributed by atoms with Crippen LogP contribution in [0.3, 0.4) is 0 Å². The van der Waals surface area contributed by atoms with Crippen molar-refractivity contribution in [1.82, 2.24) is 4.72 Å². The highest BCUT2D eigenvalue weighted by Crippen LogP contribution is 2.27. The van der Waals surface area contributed by atoms with Crippen LogP contribution in [-0.4, -0.2) is 20.2 Å². The Bertz CT molecular complexity index is 1300. The molecule has 0 bridgehead atoms. The van der Waals surface area contributed by atoms with Crippen LogP contribution >= 0.6 is 0 Å². The number of rotatable bonds is 6. The molecule has 0 fully saturated rings. The first-order chi connectivity index (χ1) is 15.7. The minimum atomic E-state index is -4.04. The summed E-state index contributed by atoms with van der Waals surface area (Å²) in [7, 11) is -4.04. The topological polar surface area (TPSA) is 104 Å². The molecule has 7 nitrogen and oxygen atoms in total. The molecule has 1 aliphatic heterocycles. The molecule has 170 valence electrons. The highest BCUT2D eigenvalue weighted by Gasteiger charge is 2.29. The number of anilines is 2. The summed E-state index contributed by atoms with van der Waals surface area (Å²) in [5.74, 6) is -0.573. The normalized spacial score (nSPS) is 14.2. The van der Waals surface area contributed by atoms with E-state index in [-0.39, 0.29) is 10.8 Å². The van der Waals surface area contributed by atoms with Crippen LogP contribution in [0.25, 0.3) is 0 Å². The van der Waals surface area contributed by atoms with Crippen LogP contribution in [-0.2, 0) is 26.0 Å². The lowest BCUT2D eigenvalue weighted by Crippen LogP contribution is -2.37. The minimum absolute atomic E-state index is 0.0400. The molecule has 3 aromatic rings. The van der Waals surface area contributed by atoms with E-state index in [1.807, 2.05) is 32.0 Å². The lowest BCUT2D eigenvalue weighted by molar-refractivity contribution is -0.118. The molecule has 3 aromatic carbocycles. The number of carbonyl (C=O) groups is 2. The van der Waals surface area contributed by atoms with Crippen molar-refractivity contribution in [2.24, 2.45) is 0 Å². The van der Waals surface area contributed by atoms with Gasteiger partial charge < -0.3 is 10.6 Å². The third kappa shape index (κ3) is 4.97. The molecule has 1 atom stereocenters. The molecular formula is C25H25N3O4S. The fourth-order valence-corrected chi connectivity index (χ4v) is 5.11. The molecule has 8 heteroatoms. The molecule has 0 saturated heterocycles. The Morgan fingerprint density at radius 1 is 0.939 bits per heavy atom. The van der Waals surface area contributed by atoms with Gasteiger partial charge in [-0.15, -0.1) is 0 Å². The van der Waals surface area contributed by atoms with Crippen LogP contribution in [0.4, 0.5) is 11.4 Å². The molecule has 0 saturated carbocycles. The number of hydrogen-bond acceptors (Lipinski definition) is 4. The van der Waals surface area contributed by atoms with E-state index in [4.69, 9.17) is 0 Å². The van der Waals surface area contributed by atoms with Gasteiger partial charge in [0.25, 0.3) is 0 Å². The number of hydrogen-bond donors (Lipinski definition) is 3. The zero-order valence-electron chi connectivity index (χ0n) is 18.4. The molecule has 4 rings (SSSR count). The number of sulfonamides is 1. The Morgan fingerprint density at radius 2 is 1.64 bits per heavy atom. The minimum Gasteiger partial charge on any atom is -0.326 e. The van der Waals surface area contributed by atoms with Gasteiger partial charge in [0.1, 0.15) is 6.04 Å². The molecule has 0 spiro atoms. The van der Waals surface area contributed by atoms with Gasteiger partial charge in [0.15, 0.2) is 0 Å². The van der Waals surface area contributed by atoms with Crippen molar-refractivity contribution in [2.75, 3.05) is 10.6 Å². The maximum atomic E-state index is 13.3. The third-order valence-electron chi connectivity index (χ3n) is 5.68. The summed E-state index contributed by atoms with van der Waals surface area (Å²) in [4.78, 5) is 24.9. The Balaban J connectivity index is 1.66. The molecule has 0 unspecified atom stereocenters. The Morgan fingerprint density at radius 3 is 2.33 bits per heavy atom. The van der Waals surface area contributed by atoms with Crippen molar-refractivity contribution in [3.8, 4) is 0 Å². The van der Waals surface area contributed by atoms with Gasteiger partial charge in [0, 0.05) is 17.8 Å². The molecule has 0 radical (unpaired) electrons. The average Bonchev–Trinajstić information content (AvgIpc) is 2.80. The monoisotopic (exact) mass is 463 g/mol. The second kappa shape index (κ2) is 9.17. The number of para-hydroxylation sites is 1. The lowest BCUT2D eigenvalue weighted by Gasteiger charge is -2.22. The van der Waals surface area contributed by atoms with Crippen molar-refractivity contribution in [1.29, 1.82) is 0 Å².